The molecule has 2 unspecified atom stereocenters. The first-order valence-corrected chi connectivity index (χ1v) is 16.7. The van der Waals surface area contributed by atoms with Gasteiger partial charge in [-0.25, -0.2) is 0 Å². The number of carbonyl (C=O) groups excluding carboxylic acids is 7. The average molecular weight is 779 g/mol. The van der Waals surface area contributed by atoms with Gasteiger partial charge in [0.1, 0.15) is 29.9 Å². The first-order valence-electron chi connectivity index (χ1n) is 15.5. The van der Waals surface area contributed by atoms with Gasteiger partial charge >= 0.3 is 0 Å². The Hall–Kier alpha value is -4.94. The van der Waals surface area contributed by atoms with E-state index >= 15 is 0 Å². The van der Waals surface area contributed by atoms with Gasteiger partial charge < -0.3 is 52.3 Å². The van der Waals surface area contributed by atoms with Crippen LogP contribution in [0.5, 0.6) is 0 Å². The molecule has 0 bridgehead atoms. The molecule has 1 aliphatic heterocycles. The van der Waals surface area contributed by atoms with E-state index in [1.807, 2.05) is 18.2 Å². The number of aliphatic hydroxyl groups excluding tert-OH is 1. The molecule has 268 valence electrons. The van der Waals surface area contributed by atoms with E-state index in [2.05, 4.69) is 52.8 Å². The Morgan fingerprint density at radius 1 is 1.02 bits per heavy atom. The van der Waals surface area contributed by atoms with Crippen molar-refractivity contribution in [2.75, 3.05) is 19.6 Å². The van der Waals surface area contributed by atoms with Crippen molar-refractivity contribution < 1.29 is 38.7 Å². The summed E-state index contributed by atoms with van der Waals surface area (Å²) in [5.41, 5.74) is 7.02. The molecule has 10 N–H and O–H groups in total. The fourth-order valence-corrected chi connectivity index (χ4v) is 5.82. The van der Waals surface area contributed by atoms with Gasteiger partial charge in [0.25, 0.3) is 11.8 Å². The Morgan fingerprint density at radius 2 is 1.72 bits per heavy atom. The van der Waals surface area contributed by atoms with E-state index in [0.29, 0.717) is 16.3 Å². The van der Waals surface area contributed by atoms with Crippen LogP contribution < -0.4 is 37.6 Å². The number of nitrogens with zero attached hydrogens (tertiary/aromatic N) is 1. The topological polar surface area (TPSA) is 259 Å². The second kappa shape index (κ2) is 17.1. The van der Waals surface area contributed by atoms with Crippen LogP contribution in [0.4, 0.5) is 0 Å². The Morgan fingerprint density at radius 3 is 2.42 bits per heavy atom. The fraction of sp³-hybridized carbons (Fsp3) is 0.387. The number of rotatable bonds is 10. The number of primary amides is 1. The maximum atomic E-state index is 13.5. The minimum absolute atomic E-state index is 0.0301. The number of hydrogen-bond acceptors (Lipinski definition) is 8. The molecule has 50 heavy (non-hydrogen) atoms. The van der Waals surface area contributed by atoms with Crippen LogP contribution in [0.2, 0.25) is 5.02 Å². The van der Waals surface area contributed by atoms with Gasteiger partial charge in [-0.3, -0.25) is 33.6 Å². The highest BCUT2D eigenvalue weighted by Crippen LogP contribution is 2.24. The number of benzene rings is 1. The van der Waals surface area contributed by atoms with Crippen molar-refractivity contribution in [3.05, 3.63) is 57.4 Å². The van der Waals surface area contributed by atoms with Gasteiger partial charge in [0.2, 0.25) is 29.5 Å². The number of carbonyl (C=O) groups is 7. The SMILES string of the molecule is Cn1cc(Cl)cc1C(=O)NCCCC(=O)NC1CNC(=O)[C@H](Cc2c[nH]c3ccc(Br)cc23)NC(=O)C(O)CNC(=O)[C@H](CC(N)=O)NC1=O. The molecule has 19 heteroatoms. The number of nitrogens with one attached hydrogen (secondary N) is 7. The van der Waals surface area contributed by atoms with Gasteiger partial charge in [0.15, 0.2) is 0 Å². The monoisotopic (exact) mass is 777 g/mol. The number of amides is 7. The maximum absolute atomic E-state index is 13.5. The van der Waals surface area contributed by atoms with Crippen LogP contribution in [0.25, 0.3) is 10.9 Å². The van der Waals surface area contributed by atoms with Crippen molar-refractivity contribution in [2.24, 2.45) is 12.8 Å². The normalized spacial score (nSPS) is 20.6. The predicted octanol–water partition coefficient (Wildman–Crippen LogP) is -1.39. The molecule has 0 aliphatic carbocycles. The first-order chi connectivity index (χ1) is 23.7. The Labute approximate surface area is 298 Å². The van der Waals surface area contributed by atoms with Crippen LogP contribution in [0.1, 0.15) is 35.3 Å². The van der Waals surface area contributed by atoms with Gasteiger partial charge in [0.05, 0.1) is 18.0 Å². The van der Waals surface area contributed by atoms with E-state index in [-0.39, 0.29) is 25.8 Å². The summed E-state index contributed by atoms with van der Waals surface area (Å²) in [5, 5.41) is 26.5. The first kappa shape index (κ1) is 37.9. The van der Waals surface area contributed by atoms with Crippen LogP contribution >= 0.6 is 27.5 Å². The van der Waals surface area contributed by atoms with E-state index < -0.39 is 85.1 Å². The molecular weight excluding hydrogens is 742 g/mol. The Kier molecular flexibility index (Phi) is 13.0. The maximum Gasteiger partial charge on any atom is 0.267 e. The second-order valence-electron chi connectivity index (χ2n) is 11.6. The summed E-state index contributed by atoms with van der Waals surface area (Å²) in [7, 11) is 1.66. The molecule has 4 atom stereocenters. The number of fused-ring (bicyclic) bond motifs is 1. The predicted molar refractivity (Wildman–Crippen MR) is 183 cm³/mol. The summed E-state index contributed by atoms with van der Waals surface area (Å²) >= 11 is 9.35. The number of aromatic nitrogens is 2. The van der Waals surface area contributed by atoms with Crippen molar-refractivity contribution in [2.45, 2.75) is 49.9 Å². The van der Waals surface area contributed by atoms with Gasteiger partial charge in [-0.1, -0.05) is 27.5 Å². The van der Waals surface area contributed by atoms with Crippen molar-refractivity contribution in [3.63, 3.8) is 0 Å². The van der Waals surface area contributed by atoms with Crippen LogP contribution in [-0.4, -0.2) is 99.9 Å². The summed E-state index contributed by atoms with van der Waals surface area (Å²) in [6, 6.07) is 2.76. The lowest BCUT2D eigenvalue weighted by atomic mass is 10.0. The summed E-state index contributed by atoms with van der Waals surface area (Å²) in [6.45, 7) is -0.986. The minimum Gasteiger partial charge on any atom is -0.381 e. The molecule has 1 aromatic carbocycles. The molecule has 2 aromatic heterocycles. The average Bonchev–Trinajstić information content (AvgIpc) is 3.62. The number of aliphatic hydroxyl groups is 1. The third-order valence-electron chi connectivity index (χ3n) is 7.80. The quantitative estimate of drug-likeness (QED) is 0.111. The van der Waals surface area contributed by atoms with E-state index in [4.69, 9.17) is 17.3 Å². The Balaban J connectivity index is 1.49. The van der Waals surface area contributed by atoms with Crippen molar-refractivity contribution in [3.8, 4) is 0 Å². The van der Waals surface area contributed by atoms with Gasteiger partial charge in [-0.15, -0.1) is 0 Å². The molecule has 3 aromatic rings. The lowest BCUT2D eigenvalue weighted by molar-refractivity contribution is -0.136. The number of aryl methyl sites for hydroxylation is 1. The highest BCUT2D eigenvalue weighted by atomic mass is 79.9. The molecule has 1 saturated heterocycles. The van der Waals surface area contributed by atoms with E-state index in [1.54, 1.807) is 24.0 Å². The van der Waals surface area contributed by atoms with Crippen molar-refractivity contribution in [1.29, 1.82) is 0 Å². The number of nitrogens with two attached hydrogens (primary N) is 1. The van der Waals surface area contributed by atoms with Crippen LogP contribution in [0.3, 0.4) is 0 Å². The highest BCUT2D eigenvalue weighted by molar-refractivity contribution is 9.10. The van der Waals surface area contributed by atoms with Crippen LogP contribution in [0, 0.1) is 0 Å². The summed E-state index contributed by atoms with van der Waals surface area (Å²) in [6.07, 6.45) is 0.828. The molecule has 4 rings (SSSR count). The van der Waals surface area contributed by atoms with Crippen molar-refractivity contribution in [1.82, 2.24) is 41.5 Å². The van der Waals surface area contributed by atoms with E-state index in [1.165, 1.54) is 6.07 Å². The number of H-pyrrole nitrogens is 1. The van der Waals surface area contributed by atoms with Gasteiger partial charge in [-0.05, 0) is 36.2 Å². The molecular formula is C31H37BrClN9O8. The molecule has 0 saturated carbocycles. The summed E-state index contributed by atoms with van der Waals surface area (Å²) in [4.78, 5) is 92.9. The third-order valence-corrected chi connectivity index (χ3v) is 8.50. The number of hydrogen-bond donors (Lipinski definition) is 9. The molecule has 3 heterocycles. The summed E-state index contributed by atoms with van der Waals surface area (Å²) in [5.74, 6) is -5.51. The molecule has 1 aliphatic rings. The zero-order valence-corrected chi connectivity index (χ0v) is 29.2. The lowest BCUT2D eigenvalue weighted by Gasteiger charge is -2.26. The van der Waals surface area contributed by atoms with Gasteiger partial charge in [-0.2, -0.15) is 0 Å². The van der Waals surface area contributed by atoms with Gasteiger partial charge in [0, 0.05) is 60.7 Å². The van der Waals surface area contributed by atoms with E-state index in [9.17, 15) is 38.7 Å². The second-order valence-corrected chi connectivity index (χ2v) is 13.0. The Bertz CT molecular complexity index is 1790. The molecule has 0 spiro atoms. The minimum atomic E-state index is -1.79. The standard InChI is InChI=1S/C31H37BrClN9O8/c1-42-14-17(33)9-23(42)30(49)35-6-2-3-26(45)39-22-12-37-27(46)20(7-15-11-36-19-5-4-16(32)8-18(15)19)41-31(50)24(43)13-38-28(47)21(10-25(34)44)40-29(22)48/h4-5,8-9,11,14,20-22,24,36,43H,2-3,6-7,10,12-13H2,1H3,(H2,34,44)(H,35,49)(H,37,46)(H,38,47)(H,39,45)(H,40,48)(H,41,50)/t20-,21-,22?,24?/m0/s1. The van der Waals surface area contributed by atoms with Crippen LogP contribution in [0.15, 0.2) is 41.1 Å². The largest absolute Gasteiger partial charge is 0.381 e. The fourth-order valence-electron chi connectivity index (χ4n) is 5.21. The number of aromatic amines is 1. The highest BCUT2D eigenvalue weighted by Gasteiger charge is 2.32. The molecule has 1 fully saturated rings. The third kappa shape index (κ3) is 10.3. The molecule has 7 amide bonds. The number of halogens is 2. The van der Waals surface area contributed by atoms with E-state index in [0.717, 1.165) is 15.4 Å². The number of β-amino-alcohol motifs (C(OH)–C–C–N with tert-alkyl or cyclic N) is 1. The zero-order chi connectivity index (χ0) is 36.5. The lowest BCUT2D eigenvalue weighted by Crippen LogP contribution is -2.60. The molecule has 0 radical (unpaired) electrons. The zero-order valence-electron chi connectivity index (χ0n) is 26.8. The van der Waals surface area contributed by atoms with Crippen molar-refractivity contribution >= 4 is 79.8 Å². The summed E-state index contributed by atoms with van der Waals surface area (Å²) < 4.78 is 2.33. The smallest absolute Gasteiger partial charge is 0.267 e. The molecule has 17 nitrogen and oxygen atoms in total. The van der Waals surface area contributed by atoms with Crippen LogP contribution in [-0.2, 0) is 42.2 Å².